The molecular weight excluding hydrogens is 432 g/mol. The molecule has 0 bridgehead atoms. The Morgan fingerprint density at radius 1 is 1.03 bits per heavy atom. The molecule has 1 aromatic carbocycles. The van der Waals surface area contributed by atoms with Gasteiger partial charge in [-0.05, 0) is 58.4 Å². The molecule has 7 nitrogen and oxygen atoms in total. The molecule has 2 saturated heterocycles. The maximum atomic E-state index is 13.7. The summed E-state index contributed by atoms with van der Waals surface area (Å²) in [5.41, 5.74) is 9.11. The largest absolute Gasteiger partial charge is 0.369 e. The van der Waals surface area contributed by atoms with Gasteiger partial charge in [0.15, 0.2) is 5.78 Å². The lowest BCUT2D eigenvalue weighted by Crippen LogP contribution is -2.49. The Kier molecular flexibility index (Phi) is 6.24. The highest BCUT2D eigenvalue weighted by molar-refractivity contribution is 7.89. The minimum absolute atomic E-state index is 0.00537. The van der Waals surface area contributed by atoms with E-state index >= 15 is 0 Å². The molecule has 0 radical (unpaired) electrons. The maximum Gasteiger partial charge on any atom is 0.244 e. The Labute approximate surface area is 188 Å². The summed E-state index contributed by atoms with van der Waals surface area (Å²) in [5, 5.41) is 0. The first-order chi connectivity index (χ1) is 14.7. The smallest absolute Gasteiger partial charge is 0.244 e. The molecule has 9 heteroatoms. The predicted octanol–water partition coefficient (Wildman–Crippen LogP) is 3.01. The van der Waals surface area contributed by atoms with E-state index in [1.54, 1.807) is 22.6 Å². The summed E-state index contributed by atoms with van der Waals surface area (Å²) < 4.78 is 29.0. The van der Waals surface area contributed by atoms with Crippen LogP contribution in [0.5, 0.6) is 0 Å². The van der Waals surface area contributed by atoms with Crippen molar-refractivity contribution in [3.05, 3.63) is 45.1 Å². The highest BCUT2D eigenvalue weighted by Crippen LogP contribution is 2.39. The molecule has 168 valence electrons. The summed E-state index contributed by atoms with van der Waals surface area (Å²) in [4.78, 5) is 16.1. The molecule has 2 aliphatic heterocycles. The zero-order valence-corrected chi connectivity index (χ0v) is 20.1. The van der Waals surface area contributed by atoms with Gasteiger partial charge >= 0.3 is 0 Å². The van der Waals surface area contributed by atoms with Crippen molar-refractivity contribution in [1.82, 2.24) is 15.2 Å². The van der Waals surface area contributed by atoms with Gasteiger partial charge in [-0.25, -0.2) is 13.8 Å². The number of hydrogen-bond acceptors (Lipinski definition) is 7. The van der Waals surface area contributed by atoms with Crippen molar-refractivity contribution in [2.75, 3.05) is 31.1 Å². The number of carbonyl (C=O) groups excluding carboxylic acids is 1. The van der Waals surface area contributed by atoms with Gasteiger partial charge in [-0.15, -0.1) is 11.3 Å². The van der Waals surface area contributed by atoms with Crippen LogP contribution in [-0.4, -0.2) is 50.7 Å². The Morgan fingerprint density at radius 2 is 1.68 bits per heavy atom. The third-order valence-corrected chi connectivity index (χ3v) is 9.42. The standard InChI is InChI=1S/C22H30N4O3S2/c1-14-13-20(24-23-14)21-16(3)30-17(4)22(21)31(28,29)26-11-9-25(10-12-26)19-7-5-18(6-8-19)15(2)27/h5-8,14,20,23-24H,9-13H2,1-4H3. The van der Waals surface area contributed by atoms with Crippen LogP contribution in [0.3, 0.4) is 0 Å². The van der Waals surface area contributed by atoms with Gasteiger partial charge in [-0.3, -0.25) is 10.2 Å². The van der Waals surface area contributed by atoms with Gasteiger partial charge in [0.05, 0.1) is 6.04 Å². The van der Waals surface area contributed by atoms with E-state index in [9.17, 15) is 13.2 Å². The van der Waals surface area contributed by atoms with Crippen molar-refractivity contribution in [2.45, 2.75) is 51.1 Å². The topological polar surface area (TPSA) is 81.8 Å². The molecule has 2 aromatic rings. The molecule has 0 spiro atoms. The normalized spacial score (nSPS) is 22.8. The van der Waals surface area contributed by atoms with Crippen LogP contribution in [0.2, 0.25) is 0 Å². The van der Waals surface area contributed by atoms with Crippen LogP contribution in [0, 0.1) is 13.8 Å². The highest BCUT2D eigenvalue weighted by Gasteiger charge is 2.37. The van der Waals surface area contributed by atoms with E-state index in [1.807, 2.05) is 38.1 Å². The molecule has 0 aliphatic carbocycles. The number of ketones is 1. The molecule has 2 N–H and O–H groups in total. The van der Waals surface area contributed by atoms with E-state index in [4.69, 9.17) is 0 Å². The predicted molar refractivity (Wildman–Crippen MR) is 124 cm³/mol. The molecule has 1 aromatic heterocycles. The Balaban J connectivity index is 1.53. The fourth-order valence-electron chi connectivity index (χ4n) is 4.53. The van der Waals surface area contributed by atoms with Crippen molar-refractivity contribution in [1.29, 1.82) is 0 Å². The SMILES string of the molecule is CC(=O)c1ccc(N2CCN(S(=O)(=O)c3c(C)sc(C)c3C3CC(C)NN3)CC2)cc1. The van der Waals surface area contributed by atoms with Crippen LogP contribution in [0.1, 0.15) is 52.0 Å². The van der Waals surface area contributed by atoms with E-state index in [0.717, 1.165) is 27.4 Å². The number of hydrazine groups is 1. The van der Waals surface area contributed by atoms with Gasteiger partial charge in [0.25, 0.3) is 0 Å². The molecule has 3 heterocycles. The van der Waals surface area contributed by atoms with Gasteiger partial charge in [0, 0.05) is 58.8 Å². The zero-order chi connectivity index (χ0) is 22.3. The highest BCUT2D eigenvalue weighted by atomic mass is 32.2. The Hall–Kier alpha value is -1.78. The quantitative estimate of drug-likeness (QED) is 0.665. The summed E-state index contributed by atoms with van der Waals surface area (Å²) in [5.74, 6) is 0.0426. The van der Waals surface area contributed by atoms with E-state index in [2.05, 4.69) is 22.7 Å². The minimum Gasteiger partial charge on any atom is -0.369 e. The van der Waals surface area contributed by atoms with Gasteiger partial charge in [0.2, 0.25) is 10.0 Å². The lowest BCUT2D eigenvalue weighted by Gasteiger charge is -2.35. The van der Waals surface area contributed by atoms with Crippen LogP contribution in [-0.2, 0) is 10.0 Å². The van der Waals surface area contributed by atoms with Gasteiger partial charge < -0.3 is 4.90 Å². The molecule has 31 heavy (non-hydrogen) atoms. The minimum atomic E-state index is -3.58. The number of carbonyl (C=O) groups is 1. The van der Waals surface area contributed by atoms with Crippen molar-refractivity contribution >= 4 is 32.8 Å². The van der Waals surface area contributed by atoms with Crippen LogP contribution in [0.4, 0.5) is 5.69 Å². The molecule has 2 unspecified atom stereocenters. The maximum absolute atomic E-state index is 13.7. The monoisotopic (exact) mass is 462 g/mol. The first kappa shape index (κ1) is 22.4. The average Bonchev–Trinajstić information content (AvgIpc) is 3.30. The molecule has 0 saturated carbocycles. The number of piperazine rings is 1. The van der Waals surface area contributed by atoms with E-state index in [-0.39, 0.29) is 11.8 Å². The van der Waals surface area contributed by atoms with Crippen molar-refractivity contribution in [3.8, 4) is 0 Å². The molecule has 2 atom stereocenters. The Bertz CT molecular complexity index is 1070. The lowest BCUT2D eigenvalue weighted by molar-refractivity contribution is 0.101. The number of rotatable bonds is 5. The molecule has 2 aliphatic rings. The molecule has 4 rings (SSSR count). The third kappa shape index (κ3) is 4.29. The molecular formula is C22H30N4O3S2. The summed E-state index contributed by atoms with van der Waals surface area (Å²) in [7, 11) is -3.58. The Morgan fingerprint density at radius 3 is 2.23 bits per heavy atom. The summed E-state index contributed by atoms with van der Waals surface area (Å²) in [6.45, 7) is 9.70. The van der Waals surface area contributed by atoms with Crippen molar-refractivity contribution < 1.29 is 13.2 Å². The van der Waals surface area contributed by atoms with E-state index < -0.39 is 10.0 Å². The second-order valence-electron chi connectivity index (χ2n) is 8.43. The fourth-order valence-corrected chi connectivity index (χ4v) is 7.89. The molecule has 2 fully saturated rings. The number of thiophene rings is 1. The number of anilines is 1. The zero-order valence-electron chi connectivity index (χ0n) is 18.4. The molecule has 0 amide bonds. The first-order valence-electron chi connectivity index (χ1n) is 10.7. The number of benzene rings is 1. The number of Topliss-reactive ketones (excluding diaryl/α,β-unsaturated/α-hetero) is 1. The van der Waals surface area contributed by atoms with Gasteiger partial charge in [-0.1, -0.05) is 0 Å². The first-order valence-corrected chi connectivity index (χ1v) is 12.9. The van der Waals surface area contributed by atoms with Crippen molar-refractivity contribution in [3.63, 3.8) is 0 Å². The number of sulfonamides is 1. The summed E-state index contributed by atoms with van der Waals surface area (Å²) in [6, 6.07) is 7.84. The van der Waals surface area contributed by atoms with Gasteiger partial charge in [0.1, 0.15) is 4.90 Å². The number of aryl methyl sites for hydroxylation is 2. The van der Waals surface area contributed by atoms with Crippen LogP contribution in [0.15, 0.2) is 29.2 Å². The lowest BCUT2D eigenvalue weighted by atomic mass is 10.0. The summed E-state index contributed by atoms with van der Waals surface area (Å²) in [6.07, 6.45) is 0.865. The number of nitrogens with zero attached hydrogens (tertiary/aromatic N) is 2. The van der Waals surface area contributed by atoms with Gasteiger partial charge in [-0.2, -0.15) is 4.31 Å². The number of nitrogens with one attached hydrogen (secondary N) is 2. The number of hydrogen-bond donors (Lipinski definition) is 2. The van der Waals surface area contributed by atoms with Crippen LogP contribution < -0.4 is 15.8 Å². The van der Waals surface area contributed by atoms with Crippen LogP contribution >= 0.6 is 11.3 Å². The van der Waals surface area contributed by atoms with Crippen LogP contribution in [0.25, 0.3) is 0 Å². The fraction of sp³-hybridized carbons (Fsp3) is 0.500. The average molecular weight is 463 g/mol. The van der Waals surface area contributed by atoms with E-state index in [1.165, 1.54) is 0 Å². The van der Waals surface area contributed by atoms with Crippen molar-refractivity contribution in [2.24, 2.45) is 0 Å². The second kappa shape index (κ2) is 8.63. The third-order valence-electron chi connectivity index (χ3n) is 6.17. The summed E-state index contributed by atoms with van der Waals surface area (Å²) >= 11 is 1.56. The van der Waals surface area contributed by atoms with E-state index in [0.29, 0.717) is 42.7 Å². The second-order valence-corrected chi connectivity index (χ2v) is 11.7.